The highest BCUT2D eigenvalue weighted by atomic mass is 35.5. The molecular formula is C13H12Cl2N2O2. The van der Waals surface area contributed by atoms with E-state index in [9.17, 15) is 9.59 Å². The average molecular weight is 299 g/mol. The van der Waals surface area contributed by atoms with Crippen LogP contribution in [0.15, 0.2) is 40.1 Å². The molecule has 1 aromatic carbocycles. The number of aryl methyl sites for hydroxylation is 1. The Morgan fingerprint density at radius 1 is 1.16 bits per heavy atom. The molecule has 0 spiro atoms. The van der Waals surface area contributed by atoms with Gasteiger partial charge < -0.3 is 4.57 Å². The van der Waals surface area contributed by atoms with Crippen molar-refractivity contribution in [3.05, 3.63) is 66.9 Å². The van der Waals surface area contributed by atoms with Gasteiger partial charge in [0.05, 0.1) is 6.54 Å². The predicted molar refractivity (Wildman–Crippen MR) is 76.2 cm³/mol. The van der Waals surface area contributed by atoms with E-state index in [4.69, 9.17) is 23.2 Å². The Hall–Kier alpha value is -1.52. The third-order valence-electron chi connectivity index (χ3n) is 2.82. The van der Waals surface area contributed by atoms with E-state index in [1.807, 2.05) is 6.92 Å². The van der Waals surface area contributed by atoms with E-state index in [-0.39, 0.29) is 17.8 Å². The lowest BCUT2D eigenvalue weighted by Crippen LogP contribution is -2.39. The van der Waals surface area contributed by atoms with Gasteiger partial charge in [0.25, 0.3) is 5.56 Å². The maximum atomic E-state index is 12.1. The molecule has 0 radical (unpaired) electrons. The quantitative estimate of drug-likeness (QED) is 0.873. The summed E-state index contributed by atoms with van der Waals surface area (Å²) in [6.07, 6.45) is 1.49. The first kappa shape index (κ1) is 13.9. The number of benzene rings is 1. The molecular weight excluding hydrogens is 287 g/mol. The molecule has 0 N–H and O–H groups in total. The zero-order valence-corrected chi connectivity index (χ0v) is 11.8. The van der Waals surface area contributed by atoms with Crippen molar-refractivity contribution in [1.82, 2.24) is 9.13 Å². The second-order valence-electron chi connectivity index (χ2n) is 4.04. The van der Waals surface area contributed by atoms with Crippen molar-refractivity contribution < 1.29 is 0 Å². The Balaban J connectivity index is 2.49. The first-order chi connectivity index (χ1) is 9.02. The van der Waals surface area contributed by atoms with Crippen LogP contribution < -0.4 is 11.2 Å². The van der Waals surface area contributed by atoms with E-state index in [1.165, 1.54) is 16.8 Å². The van der Waals surface area contributed by atoms with Crippen LogP contribution in [0.5, 0.6) is 0 Å². The van der Waals surface area contributed by atoms with Crippen molar-refractivity contribution >= 4 is 23.2 Å². The molecule has 0 saturated heterocycles. The van der Waals surface area contributed by atoms with Gasteiger partial charge in [0.15, 0.2) is 0 Å². The van der Waals surface area contributed by atoms with Crippen molar-refractivity contribution in [3.63, 3.8) is 0 Å². The Labute approximate surface area is 119 Å². The van der Waals surface area contributed by atoms with E-state index in [1.54, 1.807) is 18.2 Å². The maximum absolute atomic E-state index is 12.1. The van der Waals surface area contributed by atoms with Gasteiger partial charge in [-0.1, -0.05) is 29.3 Å². The number of hydrogen-bond acceptors (Lipinski definition) is 2. The summed E-state index contributed by atoms with van der Waals surface area (Å²) in [5, 5.41) is 0.950. The molecule has 0 atom stereocenters. The van der Waals surface area contributed by atoms with E-state index in [2.05, 4.69) is 0 Å². The van der Waals surface area contributed by atoms with Crippen LogP contribution in [-0.4, -0.2) is 9.13 Å². The standard InChI is InChI=1S/C13H12Cl2N2O2/c1-2-16-6-5-12(18)17(13(16)19)8-9-3-4-10(14)7-11(9)15/h3-7H,2,8H2,1H3. The van der Waals surface area contributed by atoms with Gasteiger partial charge in [-0.15, -0.1) is 0 Å². The third-order valence-corrected chi connectivity index (χ3v) is 3.41. The minimum Gasteiger partial charge on any atom is -0.301 e. The summed E-state index contributed by atoms with van der Waals surface area (Å²) in [6.45, 7) is 2.48. The lowest BCUT2D eigenvalue weighted by atomic mass is 10.2. The summed E-state index contributed by atoms with van der Waals surface area (Å²) in [7, 11) is 0. The summed E-state index contributed by atoms with van der Waals surface area (Å²) in [4.78, 5) is 23.8. The van der Waals surface area contributed by atoms with Crippen LogP contribution >= 0.6 is 23.2 Å². The molecule has 0 bridgehead atoms. The first-order valence-electron chi connectivity index (χ1n) is 5.77. The van der Waals surface area contributed by atoms with Gasteiger partial charge in [0.1, 0.15) is 0 Å². The molecule has 0 aliphatic carbocycles. The third kappa shape index (κ3) is 2.91. The van der Waals surface area contributed by atoms with Crippen LogP contribution in [0, 0.1) is 0 Å². The number of halogens is 2. The molecule has 100 valence electrons. The molecule has 2 aromatic rings. The molecule has 4 nitrogen and oxygen atoms in total. The van der Waals surface area contributed by atoms with Gasteiger partial charge in [-0.25, -0.2) is 4.79 Å². The van der Waals surface area contributed by atoms with Crippen LogP contribution in [0.1, 0.15) is 12.5 Å². The fraction of sp³-hybridized carbons (Fsp3) is 0.231. The Morgan fingerprint density at radius 2 is 1.89 bits per heavy atom. The average Bonchev–Trinajstić information content (AvgIpc) is 2.37. The molecule has 0 unspecified atom stereocenters. The van der Waals surface area contributed by atoms with E-state index in [0.29, 0.717) is 22.2 Å². The number of hydrogen-bond donors (Lipinski definition) is 0. The molecule has 1 heterocycles. The summed E-state index contributed by atoms with van der Waals surface area (Å²) in [6, 6.07) is 6.34. The van der Waals surface area contributed by atoms with Gasteiger partial charge in [0, 0.05) is 28.9 Å². The van der Waals surface area contributed by atoms with E-state index >= 15 is 0 Å². The lowest BCUT2D eigenvalue weighted by molar-refractivity contribution is 0.600. The van der Waals surface area contributed by atoms with Crippen molar-refractivity contribution in [2.45, 2.75) is 20.0 Å². The van der Waals surface area contributed by atoms with Gasteiger partial charge in [-0.3, -0.25) is 9.36 Å². The van der Waals surface area contributed by atoms with Crippen molar-refractivity contribution in [3.8, 4) is 0 Å². The molecule has 1 aromatic heterocycles. The summed E-state index contributed by atoms with van der Waals surface area (Å²) in [5.74, 6) is 0. The van der Waals surface area contributed by atoms with Crippen molar-refractivity contribution in [1.29, 1.82) is 0 Å². The Bertz CT molecular complexity index is 719. The maximum Gasteiger partial charge on any atom is 0.331 e. The molecule has 0 saturated carbocycles. The topological polar surface area (TPSA) is 44.0 Å². The highest BCUT2D eigenvalue weighted by Crippen LogP contribution is 2.21. The van der Waals surface area contributed by atoms with Gasteiger partial charge >= 0.3 is 5.69 Å². The molecule has 0 fully saturated rings. The van der Waals surface area contributed by atoms with E-state index in [0.717, 1.165) is 4.57 Å². The lowest BCUT2D eigenvalue weighted by Gasteiger charge is -2.09. The van der Waals surface area contributed by atoms with Gasteiger partial charge in [-0.05, 0) is 24.6 Å². The van der Waals surface area contributed by atoms with Gasteiger partial charge in [0.2, 0.25) is 0 Å². The van der Waals surface area contributed by atoms with Crippen molar-refractivity contribution in [2.24, 2.45) is 0 Å². The molecule has 6 heteroatoms. The molecule has 19 heavy (non-hydrogen) atoms. The number of aromatic nitrogens is 2. The fourth-order valence-corrected chi connectivity index (χ4v) is 2.23. The monoisotopic (exact) mass is 298 g/mol. The highest BCUT2D eigenvalue weighted by molar-refractivity contribution is 6.35. The van der Waals surface area contributed by atoms with Crippen LogP contribution in [0.4, 0.5) is 0 Å². The van der Waals surface area contributed by atoms with E-state index < -0.39 is 0 Å². The van der Waals surface area contributed by atoms with Crippen LogP contribution in [-0.2, 0) is 13.1 Å². The second-order valence-corrected chi connectivity index (χ2v) is 4.89. The SMILES string of the molecule is CCn1ccc(=O)n(Cc2ccc(Cl)cc2Cl)c1=O. The smallest absolute Gasteiger partial charge is 0.301 e. The van der Waals surface area contributed by atoms with Crippen LogP contribution in [0.2, 0.25) is 10.0 Å². The predicted octanol–water partition coefficient (Wildman–Crippen LogP) is 2.39. The second kappa shape index (κ2) is 5.63. The molecule has 0 amide bonds. The molecule has 2 rings (SSSR count). The highest BCUT2D eigenvalue weighted by Gasteiger charge is 2.08. The van der Waals surface area contributed by atoms with Crippen LogP contribution in [0.3, 0.4) is 0 Å². The van der Waals surface area contributed by atoms with Crippen LogP contribution in [0.25, 0.3) is 0 Å². The zero-order valence-electron chi connectivity index (χ0n) is 10.3. The molecule has 0 aliphatic rings. The fourth-order valence-electron chi connectivity index (χ4n) is 1.76. The summed E-state index contributed by atoms with van der Waals surface area (Å²) < 4.78 is 2.61. The Morgan fingerprint density at radius 3 is 2.53 bits per heavy atom. The molecule has 0 aliphatic heterocycles. The van der Waals surface area contributed by atoms with Crippen molar-refractivity contribution in [2.75, 3.05) is 0 Å². The Kier molecular flexibility index (Phi) is 4.12. The minimum absolute atomic E-state index is 0.133. The normalized spacial score (nSPS) is 10.7. The van der Waals surface area contributed by atoms with Gasteiger partial charge in [-0.2, -0.15) is 0 Å². The minimum atomic E-state index is -0.347. The number of nitrogens with zero attached hydrogens (tertiary/aromatic N) is 2. The summed E-state index contributed by atoms with van der Waals surface area (Å²) in [5.41, 5.74) is -0.0131. The zero-order chi connectivity index (χ0) is 14.0. The largest absolute Gasteiger partial charge is 0.331 e. The first-order valence-corrected chi connectivity index (χ1v) is 6.52. The number of rotatable bonds is 3. The summed E-state index contributed by atoms with van der Waals surface area (Å²) >= 11 is 11.9.